The number of hydrogen-bond acceptors (Lipinski definition) is 8. The number of benzene rings is 1. The van der Waals surface area contributed by atoms with E-state index in [1.807, 2.05) is 36.1 Å². The summed E-state index contributed by atoms with van der Waals surface area (Å²) in [6.07, 6.45) is 11.5. The number of anilines is 2. The SMILES string of the molecule is CCNCC(=O)N1CCC(c2ccc(Nc3nc(-c4cncnc4)cc4c3C(C=O)NC=C4)cc2)CC1. The lowest BCUT2D eigenvalue weighted by Crippen LogP contribution is -2.42. The van der Waals surface area contributed by atoms with Crippen molar-refractivity contribution < 1.29 is 9.59 Å². The third kappa shape index (κ3) is 5.51. The van der Waals surface area contributed by atoms with E-state index in [9.17, 15) is 9.59 Å². The number of likely N-dealkylation sites (tertiary alicyclic amines) is 1. The number of fused-ring (bicyclic) bond motifs is 1. The Bertz CT molecular complexity index is 1270. The molecule has 190 valence electrons. The van der Waals surface area contributed by atoms with Crippen LogP contribution in [0.2, 0.25) is 0 Å². The first kappa shape index (κ1) is 24.6. The lowest BCUT2D eigenvalue weighted by atomic mass is 9.89. The molecule has 0 spiro atoms. The van der Waals surface area contributed by atoms with Gasteiger partial charge in [0.25, 0.3) is 0 Å². The molecule has 4 heterocycles. The molecule has 9 nitrogen and oxygen atoms in total. The van der Waals surface area contributed by atoms with E-state index >= 15 is 0 Å². The third-order valence-electron chi connectivity index (χ3n) is 6.95. The predicted octanol–water partition coefficient (Wildman–Crippen LogP) is 3.41. The summed E-state index contributed by atoms with van der Waals surface area (Å²) < 4.78 is 0. The summed E-state index contributed by atoms with van der Waals surface area (Å²) >= 11 is 0. The molecule has 2 aromatic heterocycles. The number of rotatable bonds is 8. The van der Waals surface area contributed by atoms with E-state index in [1.165, 1.54) is 11.9 Å². The van der Waals surface area contributed by atoms with Crippen LogP contribution in [0.5, 0.6) is 0 Å². The van der Waals surface area contributed by atoms with Gasteiger partial charge in [-0.25, -0.2) is 15.0 Å². The van der Waals surface area contributed by atoms with Crippen LogP contribution in [0.15, 0.2) is 55.3 Å². The number of aromatic nitrogens is 3. The van der Waals surface area contributed by atoms with Gasteiger partial charge < -0.3 is 25.6 Å². The van der Waals surface area contributed by atoms with Crippen LogP contribution in [0.1, 0.15) is 48.4 Å². The van der Waals surface area contributed by atoms with E-state index in [2.05, 4.69) is 38.1 Å². The number of hydrogen-bond donors (Lipinski definition) is 3. The normalized spacial score (nSPS) is 17.1. The van der Waals surface area contributed by atoms with Gasteiger partial charge in [-0.05, 0) is 66.9 Å². The predicted molar refractivity (Wildman–Crippen MR) is 143 cm³/mol. The van der Waals surface area contributed by atoms with Gasteiger partial charge in [0.2, 0.25) is 5.91 Å². The van der Waals surface area contributed by atoms with Crippen molar-refractivity contribution in [2.45, 2.75) is 31.7 Å². The minimum Gasteiger partial charge on any atom is -0.378 e. The molecule has 1 saturated heterocycles. The highest BCUT2D eigenvalue weighted by Gasteiger charge is 2.25. The molecule has 2 aliphatic rings. The molecule has 1 unspecified atom stereocenters. The number of nitrogens with zero attached hydrogens (tertiary/aromatic N) is 4. The average Bonchev–Trinajstić information content (AvgIpc) is 2.96. The van der Waals surface area contributed by atoms with Crippen LogP contribution in [0.25, 0.3) is 17.3 Å². The van der Waals surface area contributed by atoms with Crippen molar-refractivity contribution in [3.8, 4) is 11.3 Å². The van der Waals surface area contributed by atoms with Crippen molar-refractivity contribution in [3.63, 3.8) is 0 Å². The number of aldehydes is 1. The van der Waals surface area contributed by atoms with Crippen LogP contribution in [-0.2, 0) is 9.59 Å². The number of carbonyl (C=O) groups is 2. The number of carbonyl (C=O) groups excluding carboxylic acids is 2. The van der Waals surface area contributed by atoms with E-state index in [1.54, 1.807) is 18.6 Å². The highest BCUT2D eigenvalue weighted by molar-refractivity contribution is 5.80. The average molecular weight is 498 g/mol. The first-order valence-corrected chi connectivity index (χ1v) is 12.7. The molecular formula is C28H31N7O2. The largest absolute Gasteiger partial charge is 0.378 e. The Balaban J connectivity index is 1.33. The molecule has 9 heteroatoms. The quantitative estimate of drug-likeness (QED) is 0.406. The Morgan fingerprint density at radius 2 is 1.92 bits per heavy atom. The lowest BCUT2D eigenvalue weighted by molar-refractivity contribution is -0.131. The Kier molecular flexibility index (Phi) is 7.51. The standard InChI is InChI=1S/C28H31N7O2/c1-2-29-16-26(37)35-11-8-20(9-12-35)19-3-5-23(6-4-19)33-28-27-21(7-10-32-25(27)17-36)13-24(34-28)22-14-30-18-31-15-22/h3-7,10,13-15,17-18,20,25,29,32H,2,8-9,11-12,16H2,1H3,(H,33,34). The van der Waals surface area contributed by atoms with Gasteiger partial charge in [-0.15, -0.1) is 0 Å². The summed E-state index contributed by atoms with van der Waals surface area (Å²) in [7, 11) is 0. The summed E-state index contributed by atoms with van der Waals surface area (Å²) in [5.41, 5.74) is 5.40. The molecule has 5 rings (SSSR count). The van der Waals surface area contributed by atoms with Gasteiger partial charge in [-0.1, -0.05) is 19.1 Å². The van der Waals surface area contributed by atoms with Crippen LogP contribution in [-0.4, -0.2) is 58.2 Å². The van der Waals surface area contributed by atoms with Gasteiger partial charge in [-0.2, -0.15) is 0 Å². The first-order chi connectivity index (χ1) is 18.2. The van der Waals surface area contributed by atoms with E-state index < -0.39 is 6.04 Å². The van der Waals surface area contributed by atoms with Crippen molar-refractivity contribution in [3.05, 3.63) is 71.9 Å². The van der Waals surface area contributed by atoms with Gasteiger partial charge in [-0.3, -0.25) is 4.79 Å². The number of amides is 1. The lowest BCUT2D eigenvalue weighted by Gasteiger charge is -2.32. The molecular weight excluding hydrogens is 466 g/mol. The maximum absolute atomic E-state index is 12.3. The second-order valence-electron chi connectivity index (χ2n) is 9.28. The molecule has 1 fully saturated rings. The maximum Gasteiger partial charge on any atom is 0.236 e. The highest BCUT2D eigenvalue weighted by atomic mass is 16.2. The van der Waals surface area contributed by atoms with E-state index in [0.29, 0.717) is 18.3 Å². The van der Waals surface area contributed by atoms with Crippen molar-refractivity contribution in [2.24, 2.45) is 0 Å². The molecule has 0 bridgehead atoms. The zero-order valence-electron chi connectivity index (χ0n) is 20.9. The molecule has 1 amide bonds. The fourth-order valence-corrected chi connectivity index (χ4v) is 4.93. The summed E-state index contributed by atoms with van der Waals surface area (Å²) in [6, 6.07) is 9.83. The second kappa shape index (κ2) is 11.3. The summed E-state index contributed by atoms with van der Waals surface area (Å²) in [4.78, 5) is 39.1. The van der Waals surface area contributed by atoms with Crippen molar-refractivity contribution in [1.29, 1.82) is 0 Å². The number of likely N-dealkylation sites (N-methyl/N-ethyl adjacent to an activating group) is 1. The number of pyridine rings is 1. The van der Waals surface area contributed by atoms with Crippen molar-refractivity contribution in [2.75, 3.05) is 31.5 Å². The van der Waals surface area contributed by atoms with Crippen molar-refractivity contribution in [1.82, 2.24) is 30.5 Å². The van der Waals surface area contributed by atoms with Gasteiger partial charge in [0.15, 0.2) is 0 Å². The Hall–Kier alpha value is -4.11. The minimum absolute atomic E-state index is 0.179. The minimum atomic E-state index is -0.490. The zero-order valence-corrected chi connectivity index (χ0v) is 20.9. The topological polar surface area (TPSA) is 112 Å². The second-order valence-corrected chi connectivity index (χ2v) is 9.28. The zero-order chi connectivity index (χ0) is 25.6. The van der Waals surface area contributed by atoms with Crippen LogP contribution in [0.3, 0.4) is 0 Å². The highest BCUT2D eigenvalue weighted by Crippen LogP contribution is 2.34. The maximum atomic E-state index is 12.3. The van der Waals surface area contributed by atoms with E-state index in [-0.39, 0.29) is 5.91 Å². The molecule has 1 aromatic carbocycles. The smallest absolute Gasteiger partial charge is 0.236 e. The van der Waals surface area contributed by atoms with Crippen LogP contribution in [0, 0.1) is 0 Å². The number of nitrogens with one attached hydrogen (secondary N) is 3. The van der Waals surface area contributed by atoms with Gasteiger partial charge in [0, 0.05) is 42.3 Å². The fourth-order valence-electron chi connectivity index (χ4n) is 4.93. The molecule has 3 aromatic rings. The first-order valence-electron chi connectivity index (χ1n) is 12.7. The fraction of sp³-hybridized carbons (Fsp3) is 0.321. The van der Waals surface area contributed by atoms with E-state index in [0.717, 1.165) is 66.8 Å². The van der Waals surface area contributed by atoms with Gasteiger partial charge in [0.05, 0.1) is 12.2 Å². The molecule has 1 atom stereocenters. The van der Waals surface area contributed by atoms with Crippen LogP contribution >= 0.6 is 0 Å². The monoisotopic (exact) mass is 497 g/mol. The summed E-state index contributed by atoms with van der Waals surface area (Å²) in [6.45, 7) is 4.79. The van der Waals surface area contributed by atoms with Crippen LogP contribution < -0.4 is 16.0 Å². The molecule has 2 aliphatic heterocycles. The summed E-state index contributed by atoms with van der Waals surface area (Å²) in [5.74, 6) is 1.22. The van der Waals surface area contributed by atoms with Crippen LogP contribution in [0.4, 0.5) is 11.5 Å². The molecule has 3 N–H and O–H groups in total. The molecule has 0 aliphatic carbocycles. The summed E-state index contributed by atoms with van der Waals surface area (Å²) in [5, 5.41) is 9.65. The Morgan fingerprint density at radius 1 is 1.16 bits per heavy atom. The Labute approximate surface area is 216 Å². The Morgan fingerprint density at radius 3 is 2.62 bits per heavy atom. The third-order valence-corrected chi connectivity index (χ3v) is 6.95. The van der Waals surface area contributed by atoms with Gasteiger partial charge >= 0.3 is 0 Å². The molecule has 0 radical (unpaired) electrons. The van der Waals surface area contributed by atoms with E-state index in [4.69, 9.17) is 4.98 Å². The molecule has 0 saturated carbocycles. The van der Waals surface area contributed by atoms with Gasteiger partial charge in [0.1, 0.15) is 24.5 Å². The van der Waals surface area contributed by atoms with Crippen molar-refractivity contribution >= 4 is 29.8 Å². The number of piperidine rings is 1. The molecule has 37 heavy (non-hydrogen) atoms.